The molecular weight excluding hydrogens is 402 g/mol. The van der Waals surface area contributed by atoms with Crippen LogP contribution < -0.4 is 10.1 Å². The first-order valence-electron chi connectivity index (χ1n) is 10.2. The lowest BCUT2D eigenvalue weighted by molar-refractivity contribution is -0.385. The molecule has 2 aromatic rings. The standard InChI is InChI=1S/C22H27N3O6/c1-3-30-19-9-7-17(8-10-19)21-20(22(26)23-11-12-29-2)15-24(31-21)14-16-5-4-6-18(13-16)25(27)28/h4-10,13,20-21H,3,11-12,14-15H2,1-2H3,(H,23,26). The maximum atomic E-state index is 12.8. The fourth-order valence-corrected chi connectivity index (χ4v) is 3.51. The number of carbonyl (C=O) groups excluding carboxylic acids is 1. The zero-order valence-corrected chi connectivity index (χ0v) is 17.7. The Kier molecular flexibility index (Phi) is 7.94. The number of carbonyl (C=O) groups is 1. The highest BCUT2D eigenvalue weighted by Gasteiger charge is 2.40. The van der Waals surface area contributed by atoms with E-state index in [-0.39, 0.29) is 11.6 Å². The molecule has 9 heteroatoms. The number of methoxy groups -OCH3 is 1. The van der Waals surface area contributed by atoms with E-state index >= 15 is 0 Å². The van der Waals surface area contributed by atoms with Crippen LogP contribution in [0.15, 0.2) is 48.5 Å². The van der Waals surface area contributed by atoms with Crippen molar-refractivity contribution in [1.29, 1.82) is 0 Å². The van der Waals surface area contributed by atoms with Crippen LogP contribution >= 0.6 is 0 Å². The minimum absolute atomic E-state index is 0.0219. The second-order valence-electron chi connectivity index (χ2n) is 7.17. The summed E-state index contributed by atoms with van der Waals surface area (Å²) in [4.78, 5) is 29.6. The lowest BCUT2D eigenvalue weighted by atomic mass is 9.95. The van der Waals surface area contributed by atoms with Crippen molar-refractivity contribution >= 4 is 11.6 Å². The Bertz CT molecular complexity index is 889. The second kappa shape index (κ2) is 10.9. The molecule has 0 spiro atoms. The number of nitrogens with one attached hydrogen (secondary N) is 1. The number of nitro groups is 1. The summed E-state index contributed by atoms with van der Waals surface area (Å²) in [5.41, 5.74) is 1.62. The van der Waals surface area contributed by atoms with E-state index in [0.717, 1.165) is 16.9 Å². The molecule has 1 saturated heterocycles. The van der Waals surface area contributed by atoms with Gasteiger partial charge >= 0.3 is 0 Å². The number of nitro benzene ring substituents is 1. The summed E-state index contributed by atoms with van der Waals surface area (Å²) in [5, 5.41) is 15.6. The topological polar surface area (TPSA) is 103 Å². The first-order chi connectivity index (χ1) is 15.0. The molecule has 0 bridgehead atoms. The summed E-state index contributed by atoms with van der Waals surface area (Å²) < 4.78 is 10.5. The van der Waals surface area contributed by atoms with Crippen LogP contribution in [0.5, 0.6) is 5.75 Å². The van der Waals surface area contributed by atoms with Gasteiger partial charge in [-0.05, 0) is 30.2 Å². The Morgan fingerprint density at radius 1 is 1.29 bits per heavy atom. The van der Waals surface area contributed by atoms with Crippen LogP contribution in [0.4, 0.5) is 5.69 Å². The van der Waals surface area contributed by atoms with E-state index in [9.17, 15) is 14.9 Å². The molecule has 0 saturated carbocycles. The third-order valence-corrected chi connectivity index (χ3v) is 4.97. The number of hydrogen-bond donors (Lipinski definition) is 1. The van der Waals surface area contributed by atoms with Crippen molar-refractivity contribution in [2.45, 2.75) is 19.6 Å². The first kappa shape index (κ1) is 22.7. The third-order valence-electron chi connectivity index (χ3n) is 4.97. The van der Waals surface area contributed by atoms with Gasteiger partial charge in [0, 0.05) is 38.9 Å². The SMILES string of the molecule is CCOc1ccc(C2ON(Cc3cccc([N+](=O)[O-])c3)CC2C(=O)NCCOC)cc1. The van der Waals surface area contributed by atoms with Crippen molar-refractivity contribution in [2.75, 3.05) is 33.4 Å². The van der Waals surface area contributed by atoms with Gasteiger partial charge in [-0.2, -0.15) is 5.06 Å². The van der Waals surface area contributed by atoms with Gasteiger partial charge in [-0.3, -0.25) is 19.7 Å². The van der Waals surface area contributed by atoms with Gasteiger partial charge < -0.3 is 14.8 Å². The van der Waals surface area contributed by atoms with Gasteiger partial charge in [-0.25, -0.2) is 0 Å². The zero-order chi connectivity index (χ0) is 22.2. The van der Waals surface area contributed by atoms with Crippen molar-refractivity contribution in [3.8, 4) is 5.75 Å². The third kappa shape index (κ3) is 6.00. The molecule has 166 valence electrons. The summed E-state index contributed by atoms with van der Waals surface area (Å²) in [6, 6.07) is 13.9. The van der Waals surface area contributed by atoms with Crippen LogP contribution in [0.25, 0.3) is 0 Å². The van der Waals surface area contributed by atoms with Gasteiger partial charge in [0.25, 0.3) is 5.69 Å². The van der Waals surface area contributed by atoms with E-state index in [0.29, 0.717) is 32.8 Å². The van der Waals surface area contributed by atoms with Gasteiger partial charge in [0.15, 0.2) is 0 Å². The number of nitrogens with zero attached hydrogens (tertiary/aromatic N) is 2. The Balaban J connectivity index is 1.76. The summed E-state index contributed by atoms with van der Waals surface area (Å²) in [6.07, 6.45) is -0.475. The normalized spacial score (nSPS) is 18.6. The summed E-state index contributed by atoms with van der Waals surface area (Å²) >= 11 is 0. The molecule has 31 heavy (non-hydrogen) atoms. The second-order valence-corrected chi connectivity index (χ2v) is 7.17. The molecule has 1 N–H and O–H groups in total. The highest BCUT2D eigenvalue weighted by atomic mass is 16.7. The maximum Gasteiger partial charge on any atom is 0.269 e. The molecule has 0 aromatic heterocycles. The van der Waals surface area contributed by atoms with Crippen molar-refractivity contribution in [2.24, 2.45) is 5.92 Å². The first-order valence-corrected chi connectivity index (χ1v) is 10.2. The molecule has 1 aliphatic heterocycles. The summed E-state index contributed by atoms with van der Waals surface area (Å²) in [6.45, 7) is 4.01. The molecule has 1 amide bonds. The minimum Gasteiger partial charge on any atom is -0.494 e. The summed E-state index contributed by atoms with van der Waals surface area (Å²) in [7, 11) is 1.58. The molecule has 3 rings (SSSR count). The Morgan fingerprint density at radius 2 is 2.06 bits per heavy atom. The Labute approximate surface area is 181 Å². The van der Waals surface area contributed by atoms with Crippen molar-refractivity contribution in [3.05, 3.63) is 69.8 Å². The zero-order valence-electron chi connectivity index (χ0n) is 17.7. The molecule has 0 radical (unpaired) electrons. The number of amides is 1. The average molecular weight is 429 g/mol. The van der Waals surface area contributed by atoms with E-state index in [1.165, 1.54) is 12.1 Å². The Morgan fingerprint density at radius 3 is 2.74 bits per heavy atom. The monoisotopic (exact) mass is 429 g/mol. The number of hydroxylamine groups is 2. The fraction of sp³-hybridized carbons (Fsp3) is 0.409. The molecule has 1 fully saturated rings. The van der Waals surface area contributed by atoms with Crippen molar-refractivity contribution < 1.29 is 24.0 Å². The van der Waals surface area contributed by atoms with Crippen LogP contribution in [-0.2, 0) is 20.9 Å². The van der Waals surface area contributed by atoms with E-state index < -0.39 is 16.9 Å². The molecule has 1 aliphatic rings. The van der Waals surface area contributed by atoms with E-state index in [1.807, 2.05) is 31.2 Å². The van der Waals surface area contributed by atoms with Crippen molar-refractivity contribution in [1.82, 2.24) is 10.4 Å². The van der Waals surface area contributed by atoms with E-state index in [4.69, 9.17) is 14.3 Å². The van der Waals surface area contributed by atoms with Gasteiger partial charge in [0.2, 0.25) is 5.91 Å². The van der Waals surface area contributed by atoms with Crippen LogP contribution in [0.3, 0.4) is 0 Å². The highest BCUT2D eigenvalue weighted by Crippen LogP contribution is 2.36. The van der Waals surface area contributed by atoms with Crippen LogP contribution in [0.2, 0.25) is 0 Å². The lowest BCUT2D eigenvalue weighted by Crippen LogP contribution is -2.36. The number of benzene rings is 2. The molecule has 1 heterocycles. The molecule has 2 unspecified atom stereocenters. The minimum atomic E-state index is -0.475. The number of rotatable bonds is 10. The molecular formula is C22H27N3O6. The quantitative estimate of drug-likeness (QED) is 0.352. The van der Waals surface area contributed by atoms with Crippen LogP contribution in [-0.4, -0.2) is 49.3 Å². The lowest BCUT2D eigenvalue weighted by Gasteiger charge is -2.18. The predicted molar refractivity (Wildman–Crippen MR) is 113 cm³/mol. The van der Waals surface area contributed by atoms with Crippen molar-refractivity contribution in [3.63, 3.8) is 0 Å². The molecule has 0 aliphatic carbocycles. The number of non-ortho nitro benzene ring substituents is 1. The van der Waals surface area contributed by atoms with Gasteiger partial charge in [0.05, 0.1) is 24.1 Å². The van der Waals surface area contributed by atoms with Gasteiger partial charge in [0.1, 0.15) is 11.9 Å². The predicted octanol–water partition coefficient (Wildman–Crippen LogP) is 2.86. The fourth-order valence-electron chi connectivity index (χ4n) is 3.51. The van der Waals surface area contributed by atoms with Crippen LogP contribution in [0, 0.1) is 16.0 Å². The summed E-state index contributed by atoms with van der Waals surface area (Å²) in [5.74, 6) is 0.185. The molecule has 2 atom stereocenters. The van der Waals surface area contributed by atoms with Gasteiger partial charge in [-0.1, -0.05) is 24.3 Å². The average Bonchev–Trinajstić information content (AvgIpc) is 3.18. The molecule has 2 aromatic carbocycles. The largest absolute Gasteiger partial charge is 0.494 e. The van der Waals surface area contributed by atoms with E-state index in [2.05, 4.69) is 5.32 Å². The van der Waals surface area contributed by atoms with E-state index in [1.54, 1.807) is 24.3 Å². The smallest absolute Gasteiger partial charge is 0.269 e. The van der Waals surface area contributed by atoms with Crippen LogP contribution in [0.1, 0.15) is 24.2 Å². The highest BCUT2D eigenvalue weighted by molar-refractivity contribution is 5.80. The maximum absolute atomic E-state index is 12.8. The Hall–Kier alpha value is -3.01. The van der Waals surface area contributed by atoms with Gasteiger partial charge in [-0.15, -0.1) is 0 Å². The number of ether oxygens (including phenoxy) is 2. The molecule has 9 nitrogen and oxygen atoms in total. The number of hydrogen-bond acceptors (Lipinski definition) is 7.